The maximum absolute atomic E-state index is 8.36. The van der Waals surface area contributed by atoms with Crippen LogP contribution in [0.4, 0.5) is 0 Å². The molecule has 0 heterocycles. The van der Waals surface area contributed by atoms with Gasteiger partial charge in [-0.3, -0.25) is 4.79 Å². The van der Waals surface area contributed by atoms with Crippen LogP contribution >= 0.6 is 11.9 Å². The lowest BCUT2D eigenvalue weighted by atomic mass is 10.0. The van der Waals surface area contributed by atoms with Gasteiger partial charge in [-0.25, -0.2) is 4.31 Å². The van der Waals surface area contributed by atoms with E-state index in [0.717, 1.165) is 13.1 Å². The molecule has 0 radical (unpaired) electrons. The molecule has 0 aliphatic rings. The Morgan fingerprint density at radius 3 is 1.79 bits per heavy atom. The summed E-state index contributed by atoms with van der Waals surface area (Å²) >= 11 is 1.89. The number of rotatable bonds is 11. The van der Waals surface area contributed by atoms with Gasteiger partial charge in [0.05, 0.1) is 0 Å². The van der Waals surface area contributed by atoms with Crippen molar-refractivity contribution in [3.8, 4) is 11.1 Å². The Labute approximate surface area is 175 Å². The maximum Gasteiger partial charge on any atom is 0.290 e. The summed E-state index contributed by atoms with van der Waals surface area (Å²) in [7, 11) is 0. The number of nitrogens with zero attached hydrogens (tertiary/aromatic N) is 1. The molecule has 1 N–H and O–H groups in total. The summed E-state index contributed by atoms with van der Waals surface area (Å²) in [5, 5.41) is 6.89. The van der Waals surface area contributed by atoms with Crippen molar-refractivity contribution in [1.29, 1.82) is 0 Å². The van der Waals surface area contributed by atoms with Crippen molar-refractivity contribution in [2.45, 2.75) is 64.2 Å². The van der Waals surface area contributed by atoms with E-state index >= 15 is 0 Å². The molecule has 4 heteroatoms. The predicted octanol–water partition coefficient (Wildman–Crippen LogP) is 6.92. The third-order valence-corrected chi connectivity index (χ3v) is 5.50. The van der Waals surface area contributed by atoms with Gasteiger partial charge in [0, 0.05) is 18.0 Å². The van der Waals surface area contributed by atoms with Crippen LogP contribution in [-0.4, -0.2) is 29.0 Å². The molecule has 0 unspecified atom stereocenters. The van der Waals surface area contributed by atoms with Gasteiger partial charge in [0.2, 0.25) is 0 Å². The van der Waals surface area contributed by atoms with Crippen LogP contribution in [0.15, 0.2) is 53.4 Å². The molecule has 0 amide bonds. The molecule has 0 saturated carbocycles. The van der Waals surface area contributed by atoms with Crippen LogP contribution in [0.25, 0.3) is 11.1 Å². The molecule has 28 heavy (non-hydrogen) atoms. The summed E-state index contributed by atoms with van der Waals surface area (Å²) in [6, 6.07) is 18.1. The molecule has 0 spiro atoms. The predicted molar refractivity (Wildman–Crippen MR) is 122 cm³/mol. The molecule has 0 aliphatic heterocycles. The normalized spacial score (nSPS) is 10.4. The van der Waals surface area contributed by atoms with E-state index in [9.17, 15) is 0 Å². The average Bonchev–Trinajstić information content (AvgIpc) is 2.70. The standard InChI is InChI=1S/C23H33NS.CH2O2/c1-4-7-8-9-20-10-12-21(13-11-20)22-14-16-23(17-15-22)25-24(18-5-2)19-6-3;2-1-3/h10-17H,4-9,18-19H2,1-3H3;1H,(H,2,3). The minimum Gasteiger partial charge on any atom is -0.483 e. The molecule has 0 aliphatic carbocycles. The van der Waals surface area contributed by atoms with Gasteiger partial charge in [-0.15, -0.1) is 0 Å². The van der Waals surface area contributed by atoms with Crippen LogP contribution in [0.1, 0.15) is 58.4 Å². The van der Waals surface area contributed by atoms with Gasteiger partial charge in [-0.2, -0.15) is 0 Å². The Morgan fingerprint density at radius 2 is 1.32 bits per heavy atom. The molecule has 0 bridgehead atoms. The fourth-order valence-corrected chi connectivity index (χ4v) is 4.11. The van der Waals surface area contributed by atoms with Crippen molar-refractivity contribution in [1.82, 2.24) is 4.31 Å². The third kappa shape index (κ3) is 9.43. The number of benzene rings is 2. The second kappa shape index (κ2) is 15.2. The van der Waals surface area contributed by atoms with Gasteiger partial charge in [0.25, 0.3) is 6.47 Å². The summed E-state index contributed by atoms with van der Waals surface area (Å²) < 4.78 is 2.47. The summed E-state index contributed by atoms with van der Waals surface area (Å²) in [4.78, 5) is 9.70. The van der Waals surface area contributed by atoms with Gasteiger partial charge in [-0.05, 0) is 66.5 Å². The average molecular weight is 402 g/mol. The maximum atomic E-state index is 8.36. The topological polar surface area (TPSA) is 40.5 Å². The summed E-state index contributed by atoms with van der Waals surface area (Å²) in [6.45, 7) is 8.81. The highest BCUT2D eigenvalue weighted by Crippen LogP contribution is 2.27. The molecule has 154 valence electrons. The van der Waals surface area contributed by atoms with E-state index in [1.807, 2.05) is 11.9 Å². The highest BCUT2D eigenvalue weighted by Gasteiger charge is 2.06. The fraction of sp³-hybridized carbons (Fsp3) is 0.458. The van der Waals surface area contributed by atoms with E-state index in [0.29, 0.717) is 0 Å². The van der Waals surface area contributed by atoms with E-state index in [1.165, 1.54) is 60.1 Å². The highest BCUT2D eigenvalue weighted by molar-refractivity contribution is 7.97. The first-order valence-electron chi connectivity index (χ1n) is 10.4. The molecule has 3 nitrogen and oxygen atoms in total. The molecule has 2 aromatic rings. The van der Waals surface area contributed by atoms with Gasteiger partial charge in [0.1, 0.15) is 0 Å². The molecule has 2 aromatic carbocycles. The largest absolute Gasteiger partial charge is 0.483 e. The van der Waals surface area contributed by atoms with E-state index < -0.39 is 0 Å². The Morgan fingerprint density at radius 1 is 0.821 bits per heavy atom. The molecular weight excluding hydrogens is 366 g/mol. The Hall–Kier alpha value is -1.78. The van der Waals surface area contributed by atoms with Crippen LogP contribution in [0.3, 0.4) is 0 Å². The summed E-state index contributed by atoms with van der Waals surface area (Å²) in [5.74, 6) is 0. The quantitative estimate of drug-likeness (QED) is 0.252. The van der Waals surface area contributed by atoms with E-state index in [4.69, 9.17) is 9.90 Å². The van der Waals surface area contributed by atoms with E-state index in [2.05, 4.69) is 73.6 Å². The van der Waals surface area contributed by atoms with Crippen molar-refractivity contribution in [2.24, 2.45) is 0 Å². The SMILES string of the molecule is CCCCCc1ccc(-c2ccc(SN(CCC)CCC)cc2)cc1.O=CO. The zero-order valence-electron chi connectivity index (χ0n) is 17.6. The molecule has 2 rings (SSSR count). The molecular formula is C24H35NO2S. The Kier molecular flexibility index (Phi) is 13.2. The zero-order chi connectivity index (χ0) is 20.6. The first-order chi connectivity index (χ1) is 13.7. The first-order valence-corrected chi connectivity index (χ1v) is 11.2. The van der Waals surface area contributed by atoms with Gasteiger partial charge >= 0.3 is 0 Å². The van der Waals surface area contributed by atoms with Gasteiger partial charge < -0.3 is 5.11 Å². The molecule has 0 fully saturated rings. The van der Waals surface area contributed by atoms with Crippen molar-refractivity contribution >= 4 is 18.4 Å². The summed E-state index contributed by atoms with van der Waals surface area (Å²) in [6.07, 6.45) is 7.53. The number of unbranched alkanes of at least 4 members (excludes halogenated alkanes) is 2. The van der Waals surface area contributed by atoms with Crippen LogP contribution < -0.4 is 0 Å². The minimum absolute atomic E-state index is 0.250. The molecule has 0 saturated heterocycles. The van der Waals surface area contributed by atoms with Gasteiger partial charge in [0.15, 0.2) is 0 Å². The fourth-order valence-electron chi connectivity index (χ4n) is 3.00. The summed E-state index contributed by atoms with van der Waals surface area (Å²) in [5.41, 5.74) is 4.08. The van der Waals surface area contributed by atoms with Crippen LogP contribution in [-0.2, 0) is 11.2 Å². The van der Waals surface area contributed by atoms with Crippen molar-refractivity contribution in [2.75, 3.05) is 13.1 Å². The number of hydrogen-bond acceptors (Lipinski definition) is 3. The number of aryl methyl sites for hydroxylation is 1. The van der Waals surface area contributed by atoms with Crippen LogP contribution in [0.5, 0.6) is 0 Å². The Bertz CT molecular complexity index is 635. The van der Waals surface area contributed by atoms with Crippen LogP contribution in [0, 0.1) is 0 Å². The first kappa shape index (κ1) is 24.3. The van der Waals surface area contributed by atoms with Crippen molar-refractivity contribution in [3.05, 3.63) is 54.1 Å². The molecule has 0 atom stereocenters. The number of carbonyl (C=O) groups is 1. The second-order valence-electron chi connectivity index (χ2n) is 6.80. The molecule has 0 aromatic heterocycles. The van der Waals surface area contributed by atoms with Crippen LogP contribution in [0.2, 0.25) is 0 Å². The smallest absolute Gasteiger partial charge is 0.290 e. The minimum atomic E-state index is -0.250. The third-order valence-electron chi connectivity index (χ3n) is 4.39. The monoisotopic (exact) mass is 401 g/mol. The van der Waals surface area contributed by atoms with E-state index in [1.54, 1.807) is 0 Å². The van der Waals surface area contributed by atoms with Crippen molar-refractivity contribution < 1.29 is 9.90 Å². The lowest BCUT2D eigenvalue weighted by Gasteiger charge is -2.19. The number of hydrogen-bond donors (Lipinski definition) is 1. The lowest BCUT2D eigenvalue weighted by Crippen LogP contribution is -2.17. The lowest BCUT2D eigenvalue weighted by molar-refractivity contribution is -0.122. The second-order valence-corrected chi connectivity index (χ2v) is 7.97. The van der Waals surface area contributed by atoms with Gasteiger partial charge in [-0.1, -0.05) is 70.0 Å². The number of carboxylic acid groups (broad SMARTS) is 1. The van der Waals surface area contributed by atoms with E-state index in [-0.39, 0.29) is 6.47 Å². The zero-order valence-corrected chi connectivity index (χ0v) is 18.4. The van der Waals surface area contributed by atoms with Crippen molar-refractivity contribution in [3.63, 3.8) is 0 Å². The highest BCUT2D eigenvalue weighted by atomic mass is 32.2. The Balaban J connectivity index is 0.00000122.